The minimum atomic E-state index is -0.676. The number of fused-ring (bicyclic) bond motifs is 1. The summed E-state index contributed by atoms with van der Waals surface area (Å²) in [5.41, 5.74) is 1.08. The second-order valence-corrected chi connectivity index (χ2v) is 6.24. The normalized spacial score (nSPS) is 18.8. The predicted octanol–water partition coefficient (Wildman–Crippen LogP) is 2.21. The lowest BCUT2D eigenvalue weighted by Crippen LogP contribution is -2.38. The third kappa shape index (κ3) is 2.54. The first-order valence-corrected chi connectivity index (χ1v) is 8.27. The summed E-state index contributed by atoms with van der Waals surface area (Å²) in [7, 11) is 0. The van der Waals surface area contributed by atoms with Crippen molar-refractivity contribution in [2.45, 2.75) is 38.8 Å². The van der Waals surface area contributed by atoms with Gasteiger partial charge in [-0.05, 0) is 31.9 Å². The zero-order valence-electron chi connectivity index (χ0n) is 14.0. The Bertz CT molecular complexity index is 986. The molecule has 0 N–H and O–H groups in total. The molecule has 0 saturated carbocycles. The Morgan fingerprint density at radius 1 is 1.36 bits per heavy atom. The molecule has 1 fully saturated rings. The van der Waals surface area contributed by atoms with E-state index in [1.165, 1.54) is 4.57 Å². The van der Waals surface area contributed by atoms with E-state index in [-0.39, 0.29) is 11.9 Å². The zero-order chi connectivity index (χ0) is 17.6. The highest BCUT2D eigenvalue weighted by molar-refractivity contribution is 5.83. The van der Waals surface area contributed by atoms with Crippen molar-refractivity contribution in [3.63, 3.8) is 0 Å². The van der Waals surface area contributed by atoms with Crippen LogP contribution in [0.5, 0.6) is 0 Å². The fraction of sp³-hybridized carbons (Fsp3) is 0.412. The van der Waals surface area contributed by atoms with Gasteiger partial charge in [0.05, 0.1) is 11.6 Å². The van der Waals surface area contributed by atoms with E-state index in [9.17, 15) is 9.59 Å². The molecule has 0 bridgehead atoms. The summed E-state index contributed by atoms with van der Waals surface area (Å²) in [4.78, 5) is 31.3. The maximum Gasteiger partial charge on any atom is 0.420 e. The molecule has 1 aliphatic heterocycles. The number of carbonyl (C=O) groups is 1. The van der Waals surface area contributed by atoms with Gasteiger partial charge in [-0.3, -0.25) is 9.36 Å². The highest BCUT2D eigenvalue weighted by atomic mass is 16.5. The van der Waals surface area contributed by atoms with Crippen molar-refractivity contribution in [3.8, 4) is 0 Å². The summed E-state index contributed by atoms with van der Waals surface area (Å²) in [5.74, 6) is 0.297. The van der Waals surface area contributed by atoms with E-state index in [0.717, 1.165) is 12.8 Å². The van der Waals surface area contributed by atoms with Gasteiger partial charge in [0, 0.05) is 13.5 Å². The van der Waals surface area contributed by atoms with Gasteiger partial charge in [0.1, 0.15) is 6.04 Å². The number of aromatic nitrogens is 3. The molecule has 0 spiro atoms. The number of amides is 1. The van der Waals surface area contributed by atoms with Crippen LogP contribution < -0.4 is 5.76 Å². The molecule has 0 aliphatic carbocycles. The maximum atomic E-state index is 13.1. The van der Waals surface area contributed by atoms with Crippen LogP contribution >= 0.6 is 0 Å². The molecule has 2 atom stereocenters. The average molecular weight is 342 g/mol. The topological polar surface area (TPSA) is 94.4 Å². The molecule has 2 unspecified atom stereocenters. The van der Waals surface area contributed by atoms with Crippen molar-refractivity contribution in [2.75, 3.05) is 6.54 Å². The summed E-state index contributed by atoms with van der Waals surface area (Å²) in [6.07, 6.45) is 1.64. The molecule has 1 amide bonds. The van der Waals surface area contributed by atoms with Crippen LogP contribution in [-0.2, 0) is 4.79 Å². The highest BCUT2D eigenvalue weighted by Crippen LogP contribution is 2.32. The molecule has 8 heteroatoms. The van der Waals surface area contributed by atoms with Gasteiger partial charge in [0.2, 0.25) is 11.8 Å². The fourth-order valence-corrected chi connectivity index (χ4v) is 3.45. The van der Waals surface area contributed by atoms with Crippen molar-refractivity contribution < 1.29 is 13.7 Å². The van der Waals surface area contributed by atoms with Crippen LogP contribution in [0.1, 0.15) is 43.6 Å². The van der Waals surface area contributed by atoms with Crippen molar-refractivity contribution in [3.05, 3.63) is 46.5 Å². The Hall–Kier alpha value is -2.90. The smallest absolute Gasteiger partial charge is 0.408 e. The molecule has 130 valence electrons. The summed E-state index contributed by atoms with van der Waals surface area (Å²) < 4.78 is 11.7. The van der Waals surface area contributed by atoms with Gasteiger partial charge >= 0.3 is 5.76 Å². The Labute approximate surface area is 143 Å². The third-order valence-electron chi connectivity index (χ3n) is 4.64. The standard InChI is InChI=1S/C17H18N4O4/c1-10(21-12-6-3-4-8-14(12)24-17(21)23)16(22)20-9-5-7-13(20)15-18-11(2)25-19-15/h3-4,6,8,10,13H,5,7,9H2,1-2H3. The predicted molar refractivity (Wildman–Crippen MR) is 87.9 cm³/mol. The quantitative estimate of drug-likeness (QED) is 0.724. The van der Waals surface area contributed by atoms with Gasteiger partial charge in [0.15, 0.2) is 11.4 Å². The first kappa shape index (κ1) is 15.6. The number of para-hydroxylation sites is 2. The molecule has 1 aliphatic rings. The number of oxazole rings is 1. The Kier molecular flexibility index (Phi) is 3.67. The molecule has 4 rings (SSSR count). The van der Waals surface area contributed by atoms with Gasteiger partial charge < -0.3 is 13.8 Å². The van der Waals surface area contributed by atoms with E-state index >= 15 is 0 Å². The molecule has 0 radical (unpaired) electrons. The van der Waals surface area contributed by atoms with Gasteiger partial charge in [0.25, 0.3) is 0 Å². The molecule has 2 aromatic heterocycles. The zero-order valence-corrected chi connectivity index (χ0v) is 14.0. The van der Waals surface area contributed by atoms with Gasteiger partial charge in [-0.1, -0.05) is 17.3 Å². The van der Waals surface area contributed by atoms with Crippen LogP contribution in [0.3, 0.4) is 0 Å². The van der Waals surface area contributed by atoms with Gasteiger partial charge in [-0.25, -0.2) is 4.79 Å². The second kappa shape index (κ2) is 5.87. The van der Waals surface area contributed by atoms with E-state index in [2.05, 4.69) is 10.1 Å². The minimum absolute atomic E-state index is 0.154. The molecule has 1 saturated heterocycles. The van der Waals surface area contributed by atoms with Crippen LogP contribution in [-0.4, -0.2) is 32.1 Å². The van der Waals surface area contributed by atoms with Crippen LogP contribution in [0.15, 0.2) is 38.0 Å². The summed E-state index contributed by atoms with van der Waals surface area (Å²) in [6.45, 7) is 4.03. The molecule has 1 aromatic carbocycles. The van der Waals surface area contributed by atoms with Crippen LogP contribution in [0.2, 0.25) is 0 Å². The van der Waals surface area contributed by atoms with E-state index in [1.807, 2.05) is 6.07 Å². The van der Waals surface area contributed by atoms with E-state index < -0.39 is 11.8 Å². The summed E-state index contributed by atoms with van der Waals surface area (Å²) in [5, 5.41) is 3.95. The highest BCUT2D eigenvalue weighted by Gasteiger charge is 2.36. The number of nitrogens with zero attached hydrogens (tertiary/aromatic N) is 4. The number of rotatable bonds is 3. The summed E-state index contributed by atoms with van der Waals surface area (Å²) in [6, 6.07) is 6.19. The molecular formula is C17H18N4O4. The number of likely N-dealkylation sites (tertiary alicyclic amines) is 1. The first-order valence-electron chi connectivity index (χ1n) is 8.27. The fourth-order valence-electron chi connectivity index (χ4n) is 3.45. The van der Waals surface area contributed by atoms with Gasteiger partial charge in [-0.2, -0.15) is 4.98 Å². The van der Waals surface area contributed by atoms with Crippen molar-refractivity contribution in [2.24, 2.45) is 0 Å². The van der Waals surface area contributed by atoms with E-state index in [1.54, 1.807) is 36.9 Å². The number of aryl methyl sites for hydroxylation is 1. The van der Waals surface area contributed by atoms with E-state index in [4.69, 9.17) is 8.94 Å². The van der Waals surface area contributed by atoms with Crippen molar-refractivity contribution in [1.29, 1.82) is 0 Å². The molecule has 25 heavy (non-hydrogen) atoms. The third-order valence-corrected chi connectivity index (χ3v) is 4.64. The largest absolute Gasteiger partial charge is 0.420 e. The van der Waals surface area contributed by atoms with Crippen LogP contribution in [0, 0.1) is 6.92 Å². The number of hydrogen-bond acceptors (Lipinski definition) is 6. The first-order chi connectivity index (χ1) is 12.1. The average Bonchev–Trinajstić information content (AvgIpc) is 3.30. The summed E-state index contributed by atoms with van der Waals surface area (Å²) >= 11 is 0. The van der Waals surface area contributed by atoms with Crippen molar-refractivity contribution in [1.82, 2.24) is 19.6 Å². The monoisotopic (exact) mass is 342 g/mol. The van der Waals surface area contributed by atoms with E-state index in [0.29, 0.717) is 29.4 Å². The lowest BCUT2D eigenvalue weighted by molar-refractivity contribution is -0.135. The maximum absolute atomic E-state index is 13.1. The number of carbonyl (C=O) groups excluding carboxylic acids is 1. The minimum Gasteiger partial charge on any atom is -0.408 e. The lowest BCUT2D eigenvalue weighted by atomic mass is 10.2. The molecule has 8 nitrogen and oxygen atoms in total. The lowest BCUT2D eigenvalue weighted by Gasteiger charge is -2.25. The Morgan fingerprint density at radius 3 is 2.92 bits per heavy atom. The molecule has 3 heterocycles. The molecule has 3 aromatic rings. The number of hydrogen-bond donors (Lipinski definition) is 0. The van der Waals surface area contributed by atoms with Gasteiger partial charge in [-0.15, -0.1) is 0 Å². The molecular weight excluding hydrogens is 324 g/mol. The van der Waals surface area contributed by atoms with Crippen LogP contribution in [0.25, 0.3) is 11.1 Å². The van der Waals surface area contributed by atoms with Crippen molar-refractivity contribution >= 4 is 17.0 Å². The SMILES string of the molecule is Cc1nc(C2CCCN2C(=O)C(C)n2c(=O)oc3ccccc32)no1. The second-order valence-electron chi connectivity index (χ2n) is 6.24. The Morgan fingerprint density at radius 2 is 2.16 bits per heavy atom. The van der Waals surface area contributed by atoms with Crippen LogP contribution in [0.4, 0.5) is 0 Å². The Balaban J connectivity index is 1.67. The number of benzene rings is 1.